The van der Waals surface area contributed by atoms with E-state index in [1.807, 2.05) is 48.5 Å². The molecule has 0 atom stereocenters. The van der Waals surface area contributed by atoms with Crippen molar-refractivity contribution in [3.05, 3.63) is 53.0 Å². The second-order valence-corrected chi connectivity index (χ2v) is 8.19. The lowest BCUT2D eigenvalue weighted by molar-refractivity contribution is -0.113. The number of anilines is 3. The van der Waals surface area contributed by atoms with Crippen LogP contribution in [0.5, 0.6) is 5.75 Å². The van der Waals surface area contributed by atoms with Crippen LogP contribution in [0.4, 0.5) is 16.5 Å². The van der Waals surface area contributed by atoms with Gasteiger partial charge in [0.25, 0.3) is 0 Å². The van der Waals surface area contributed by atoms with Crippen LogP contribution in [0.2, 0.25) is 0 Å². The van der Waals surface area contributed by atoms with Crippen LogP contribution in [0, 0.1) is 0 Å². The predicted molar refractivity (Wildman–Crippen MR) is 110 cm³/mol. The Bertz CT molecular complexity index is 886. The van der Waals surface area contributed by atoms with Crippen LogP contribution in [0.15, 0.2) is 57.3 Å². The lowest BCUT2D eigenvalue weighted by atomic mass is 10.3. The number of halogens is 1. The molecule has 0 saturated carbocycles. The highest BCUT2D eigenvalue weighted by molar-refractivity contribution is 9.10. The first-order chi connectivity index (χ1) is 12.6. The molecule has 0 aliphatic carbocycles. The molecule has 0 radical (unpaired) electrons. The molecule has 2 aromatic carbocycles. The Balaban J connectivity index is 1.50. The molecule has 6 nitrogen and oxygen atoms in total. The Morgan fingerprint density at radius 1 is 1.19 bits per heavy atom. The molecule has 0 aliphatic rings. The first-order valence-corrected chi connectivity index (χ1v) is 10.1. The highest BCUT2D eigenvalue weighted by Crippen LogP contribution is 2.28. The van der Waals surface area contributed by atoms with Crippen molar-refractivity contribution in [1.82, 2.24) is 10.2 Å². The fourth-order valence-electron chi connectivity index (χ4n) is 2.01. The van der Waals surface area contributed by atoms with E-state index >= 15 is 0 Å². The molecule has 134 valence electrons. The Labute approximate surface area is 167 Å². The van der Waals surface area contributed by atoms with Crippen LogP contribution in [0.3, 0.4) is 0 Å². The molecule has 26 heavy (non-hydrogen) atoms. The van der Waals surface area contributed by atoms with Gasteiger partial charge in [-0.25, -0.2) is 0 Å². The summed E-state index contributed by atoms with van der Waals surface area (Å²) in [5.74, 6) is 0.970. The number of amides is 1. The van der Waals surface area contributed by atoms with E-state index < -0.39 is 0 Å². The van der Waals surface area contributed by atoms with Crippen LogP contribution in [-0.2, 0) is 4.79 Å². The smallest absolute Gasteiger partial charge is 0.234 e. The number of hydrogen-bond acceptors (Lipinski definition) is 7. The minimum Gasteiger partial charge on any atom is -0.497 e. The van der Waals surface area contributed by atoms with Gasteiger partial charge in [-0.05, 0) is 42.5 Å². The Morgan fingerprint density at radius 2 is 2.00 bits per heavy atom. The van der Waals surface area contributed by atoms with Crippen LogP contribution in [-0.4, -0.2) is 29.0 Å². The molecular formula is C17H15BrN4O2S2. The predicted octanol–water partition coefficient (Wildman–Crippen LogP) is 4.78. The third kappa shape index (κ3) is 5.45. The van der Waals surface area contributed by atoms with E-state index in [1.54, 1.807) is 7.11 Å². The summed E-state index contributed by atoms with van der Waals surface area (Å²) in [6.07, 6.45) is 0. The van der Waals surface area contributed by atoms with Gasteiger partial charge in [-0.2, -0.15) is 0 Å². The molecule has 1 heterocycles. The second kappa shape index (κ2) is 9.02. The first-order valence-electron chi connectivity index (χ1n) is 7.55. The highest BCUT2D eigenvalue weighted by Gasteiger charge is 2.09. The summed E-state index contributed by atoms with van der Waals surface area (Å²) in [5, 5.41) is 14.9. The SMILES string of the molecule is COc1ccc(Nc2nnc(SCC(=O)Nc3cccc(Br)c3)s2)cc1. The van der Waals surface area contributed by atoms with Crippen molar-refractivity contribution in [2.24, 2.45) is 0 Å². The normalized spacial score (nSPS) is 10.4. The van der Waals surface area contributed by atoms with Crippen LogP contribution >= 0.6 is 39.0 Å². The molecule has 2 N–H and O–H groups in total. The van der Waals surface area contributed by atoms with Crippen molar-refractivity contribution in [1.29, 1.82) is 0 Å². The maximum atomic E-state index is 12.0. The average Bonchev–Trinajstić information content (AvgIpc) is 3.08. The lowest BCUT2D eigenvalue weighted by Gasteiger charge is -2.04. The minimum absolute atomic E-state index is 0.0898. The number of ether oxygens (including phenoxy) is 1. The molecule has 0 bridgehead atoms. The van der Waals surface area contributed by atoms with E-state index in [0.717, 1.165) is 25.9 Å². The van der Waals surface area contributed by atoms with Crippen molar-refractivity contribution in [3.63, 3.8) is 0 Å². The topological polar surface area (TPSA) is 76.1 Å². The van der Waals surface area contributed by atoms with Crippen molar-refractivity contribution in [3.8, 4) is 5.75 Å². The maximum absolute atomic E-state index is 12.0. The first kappa shape index (κ1) is 18.7. The molecule has 0 unspecified atom stereocenters. The number of hydrogen-bond donors (Lipinski definition) is 2. The number of methoxy groups -OCH3 is 1. The molecule has 0 saturated heterocycles. The Morgan fingerprint density at radius 3 is 2.73 bits per heavy atom. The number of benzene rings is 2. The van der Waals surface area contributed by atoms with Crippen LogP contribution < -0.4 is 15.4 Å². The third-order valence-corrected chi connectivity index (χ3v) is 5.65. The van der Waals surface area contributed by atoms with Crippen molar-refractivity contribution >= 4 is 61.4 Å². The van der Waals surface area contributed by atoms with Gasteiger partial charge in [0.05, 0.1) is 12.9 Å². The molecule has 0 aliphatic heterocycles. The van der Waals surface area contributed by atoms with E-state index in [0.29, 0.717) is 5.13 Å². The number of rotatable bonds is 7. The minimum atomic E-state index is -0.0898. The quantitative estimate of drug-likeness (QED) is 0.504. The van der Waals surface area contributed by atoms with Gasteiger partial charge < -0.3 is 15.4 Å². The molecule has 0 fully saturated rings. The third-order valence-electron chi connectivity index (χ3n) is 3.18. The summed E-state index contributed by atoms with van der Waals surface area (Å²) in [7, 11) is 1.63. The van der Waals surface area contributed by atoms with Crippen LogP contribution in [0.25, 0.3) is 0 Å². The van der Waals surface area contributed by atoms with Gasteiger partial charge in [0.1, 0.15) is 5.75 Å². The van der Waals surface area contributed by atoms with Gasteiger partial charge in [0.2, 0.25) is 11.0 Å². The monoisotopic (exact) mass is 450 g/mol. The van der Waals surface area contributed by atoms with Gasteiger partial charge in [-0.15, -0.1) is 10.2 Å². The second-order valence-electron chi connectivity index (χ2n) is 5.07. The molecule has 0 spiro atoms. The van der Waals surface area contributed by atoms with Crippen molar-refractivity contribution in [2.45, 2.75) is 4.34 Å². The maximum Gasteiger partial charge on any atom is 0.234 e. The highest BCUT2D eigenvalue weighted by atomic mass is 79.9. The standard InChI is InChI=1S/C17H15BrN4O2S2/c1-24-14-7-5-12(6-8-14)20-16-21-22-17(26-16)25-10-15(23)19-13-4-2-3-11(18)9-13/h2-9H,10H2,1H3,(H,19,23)(H,20,21). The zero-order valence-corrected chi connectivity index (χ0v) is 17.0. The van der Waals surface area contributed by atoms with Gasteiger partial charge >= 0.3 is 0 Å². The summed E-state index contributed by atoms with van der Waals surface area (Å²) in [6.45, 7) is 0. The number of aromatic nitrogens is 2. The summed E-state index contributed by atoms with van der Waals surface area (Å²) >= 11 is 6.13. The lowest BCUT2D eigenvalue weighted by Crippen LogP contribution is -2.13. The van der Waals surface area contributed by atoms with Crippen LogP contribution in [0.1, 0.15) is 0 Å². The van der Waals surface area contributed by atoms with Crippen molar-refractivity contribution in [2.75, 3.05) is 23.5 Å². The average molecular weight is 451 g/mol. The Hall–Kier alpha value is -2.10. The summed E-state index contributed by atoms with van der Waals surface area (Å²) in [4.78, 5) is 12.0. The summed E-state index contributed by atoms with van der Waals surface area (Å²) < 4.78 is 6.78. The van der Waals surface area contributed by atoms with Gasteiger partial charge in [-0.3, -0.25) is 4.79 Å². The molecule has 3 aromatic rings. The Kier molecular flexibility index (Phi) is 6.48. The molecule has 1 aromatic heterocycles. The zero-order chi connectivity index (χ0) is 18.4. The van der Waals surface area contributed by atoms with Gasteiger partial charge in [-0.1, -0.05) is 45.1 Å². The molecular weight excluding hydrogens is 436 g/mol. The number of thioether (sulfide) groups is 1. The molecule has 3 rings (SSSR count). The summed E-state index contributed by atoms with van der Waals surface area (Å²) in [5.41, 5.74) is 1.65. The molecule has 9 heteroatoms. The number of carbonyl (C=O) groups is 1. The number of nitrogens with one attached hydrogen (secondary N) is 2. The fraction of sp³-hybridized carbons (Fsp3) is 0.118. The van der Waals surface area contributed by atoms with Gasteiger partial charge in [0.15, 0.2) is 4.34 Å². The van der Waals surface area contributed by atoms with E-state index in [9.17, 15) is 4.79 Å². The number of nitrogens with zero attached hydrogens (tertiary/aromatic N) is 2. The van der Waals surface area contributed by atoms with E-state index in [1.165, 1.54) is 23.1 Å². The largest absolute Gasteiger partial charge is 0.497 e. The number of carbonyl (C=O) groups excluding carboxylic acids is 1. The van der Waals surface area contributed by atoms with Crippen molar-refractivity contribution < 1.29 is 9.53 Å². The van der Waals surface area contributed by atoms with E-state index in [4.69, 9.17) is 4.74 Å². The van der Waals surface area contributed by atoms with E-state index in [2.05, 4.69) is 36.8 Å². The zero-order valence-electron chi connectivity index (χ0n) is 13.7. The molecule has 1 amide bonds. The van der Waals surface area contributed by atoms with Gasteiger partial charge in [0, 0.05) is 15.8 Å². The fourth-order valence-corrected chi connectivity index (χ4v) is 3.98. The summed E-state index contributed by atoms with van der Waals surface area (Å²) in [6, 6.07) is 15.0. The van der Waals surface area contributed by atoms with E-state index in [-0.39, 0.29) is 11.7 Å².